The molecule has 0 atom stereocenters. The van der Waals surface area contributed by atoms with Crippen molar-refractivity contribution in [2.45, 2.75) is 0 Å². The zero-order chi connectivity index (χ0) is 14.3. The van der Waals surface area contributed by atoms with Crippen LogP contribution < -0.4 is 14.2 Å². The minimum absolute atomic E-state index is 0.257. The molecule has 0 amide bonds. The monoisotopic (exact) mass is 263 g/mol. The molecule has 0 spiro atoms. The summed E-state index contributed by atoms with van der Waals surface area (Å²) in [5.41, 5.74) is 1.29. The first-order valence-corrected chi connectivity index (χ1v) is 5.59. The third-order valence-corrected chi connectivity index (χ3v) is 2.47. The van der Waals surface area contributed by atoms with Crippen molar-refractivity contribution in [3.8, 4) is 23.3 Å². The molecule has 19 heavy (non-hydrogen) atoms. The minimum Gasteiger partial charge on any atom is -0.493 e. The van der Waals surface area contributed by atoms with Crippen molar-refractivity contribution < 1.29 is 18.9 Å². The van der Waals surface area contributed by atoms with E-state index in [-0.39, 0.29) is 6.61 Å². The Morgan fingerprint density at radius 3 is 2.05 bits per heavy atom. The second kappa shape index (κ2) is 7.29. The predicted molar refractivity (Wildman–Crippen MR) is 71.6 cm³/mol. The summed E-state index contributed by atoms with van der Waals surface area (Å²) in [4.78, 5) is 0. The van der Waals surface area contributed by atoms with Gasteiger partial charge in [-0.15, -0.1) is 0 Å². The van der Waals surface area contributed by atoms with Crippen molar-refractivity contribution in [3.05, 3.63) is 23.3 Å². The Morgan fingerprint density at radius 2 is 1.68 bits per heavy atom. The quantitative estimate of drug-likeness (QED) is 0.737. The lowest BCUT2D eigenvalue weighted by atomic mass is 10.1. The Kier molecular flexibility index (Phi) is 5.71. The van der Waals surface area contributed by atoms with Gasteiger partial charge in [0.05, 0.1) is 39.6 Å². The molecule has 0 aliphatic rings. The molecule has 0 radical (unpaired) electrons. The standard InChI is InChI=1S/C14H17NO4/c1-16-9-11(8-15)5-10-6-12(17-2)14(19-4)13(7-10)18-3/h5-7H,9H2,1-4H3/b11-5+. The summed E-state index contributed by atoms with van der Waals surface area (Å²) in [6.07, 6.45) is 1.72. The fourth-order valence-corrected chi connectivity index (χ4v) is 1.65. The first-order chi connectivity index (χ1) is 9.19. The number of benzene rings is 1. The van der Waals surface area contributed by atoms with Crippen LogP contribution in [0.3, 0.4) is 0 Å². The maximum atomic E-state index is 8.99. The Bertz CT molecular complexity index is 478. The molecule has 0 heterocycles. The van der Waals surface area contributed by atoms with Crippen molar-refractivity contribution >= 4 is 6.08 Å². The molecule has 0 bridgehead atoms. The molecule has 0 unspecified atom stereocenters. The fourth-order valence-electron chi connectivity index (χ4n) is 1.65. The van der Waals surface area contributed by atoms with Gasteiger partial charge in [0.1, 0.15) is 0 Å². The summed E-state index contributed by atoms with van der Waals surface area (Å²) in [5, 5.41) is 8.99. The van der Waals surface area contributed by atoms with Gasteiger partial charge in [-0.1, -0.05) is 0 Å². The average Bonchev–Trinajstić information content (AvgIpc) is 2.45. The van der Waals surface area contributed by atoms with Crippen LogP contribution in [0.15, 0.2) is 17.7 Å². The van der Waals surface area contributed by atoms with Crippen LogP contribution in [0.4, 0.5) is 0 Å². The van der Waals surface area contributed by atoms with E-state index < -0.39 is 0 Å². The molecule has 0 saturated carbocycles. The SMILES string of the molecule is COC/C(C#N)=C/c1cc(OC)c(OC)c(OC)c1. The van der Waals surface area contributed by atoms with Crippen LogP contribution >= 0.6 is 0 Å². The molecular formula is C14H17NO4. The van der Waals surface area contributed by atoms with Crippen molar-refractivity contribution in [3.63, 3.8) is 0 Å². The summed E-state index contributed by atoms with van der Waals surface area (Å²) >= 11 is 0. The molecule has 0 aliphatic heterocycles. The van der Waals surface area contributed by atoms with Gasteiger partial charge >= 0.3 is 0 Å². The lowest BCUT2D eigenvalue weighted by Gasteiger charge is -2.13. The number of hydrogen-bond acceptors (Lipinski definition) is 5. The van der Waals surface area contributed by atoms with Gasteiger partial charge in [-0.05, 0) is 23.8 Å². The fraction of sp³-hybridized carbons (Fsp3) is 0.357. The number of hydrogen-bond donors (Lipinski definition) is 0. The van der Waals surface area contributed by atoms with E-state index in [4.69, 9.17) is 24.2 Å². The molecular weight excluding hydrogens is 246 g/mol. The van der Waals surface area contributed by atoms with Crippen LogP contribution in [0.5, 0.6) is 17.2 Å². The molecule has 0 N–H and O–H groups in total. The summed E-state index contributed by atoms with van der Waals surface area (Å²) in [6, 6.07) is 5.62. The molecule has 1 rings (SSSR count). The number of rotatable bonds is 6. The number of nitrogens with zero attached hydrogens (tertiary/aromatic N) is 1. The van der Waals surface area contributed by atoms with E-state index in [0.717, 1.165) is 5.56 Å². The van der Waals surface area contributed by atoms with Crippen LogP contribution in [0, 0.1) is 11.3 Å². The predicted octanol–water partition coefficient (Wildman–Crippen LogP) is 2.27. The van der Waals surface area contributed by atoms with Gasteiger partial charge in [0.15, 0.2) is 11.5 Å². The number of nitriles is 1. The molecule has 0 fully saturated rings. The van der Waals surface area contributed by atoms with Crippen LogP contribution in [0.25, 0.3) is 6.08 Å². The Hall–Kier alpha value is -2.19. The summed E-state index contributed by atoms with van der Waals surface area (Å²) < 4.78 is 20.7. The second-order valence-corrected chi connectivity index (χ2v) is 3.67. The van der Waals surface area contributed by atoms with E-state index in [1.54, 1.807) is 46.6 Å². The normalized spacial score (nSPS) is 10.8. The smallest absolute Gasteiger partial charge is 0.203 e. The average molecular weight is 263 g/mol. The van der Waals surface area contributed by atoms with Gasteiger partial charge in [-0.25, -0.2) is 0 Å². The van der Waals surface area contributed by atoms with Gasteiger partial charge in [0.2, 0.25) is 5.75 Å². The van der Waals surface area contributed by atoms with Gasteiger partial charge in [-0.3, -0.25) is 0 Å². The van der Waals surface area contributed by atoms with E-state index >= 15 is 0 Å². The van der Waals surface area contributed by atoms with Crippen LogP contribution in [-0.2, 0) is 4.74 Å². The molecule has 1 aromatic carbocycles. The Balaban J connectivity index is 3.27. The highest BCUT2D eigenvalue weighted by Crippen LogP contribution is 2.38. The third-order valence-electron chi connectivity index (χ3n) is 2.47. The van der Waals surface area contributed by atoms with E-state index in [0.29, 0.717) is 22.8 Å². The largest absolute Gasteiger partial charge is 0.493 e. The van der Waals surface area contributed by atoms with Gasteiger partial charge in [-0.2, -0.15) is 5.26 Å². The maximum Gasteiger partial charge on any atom is 0.203 e. The Labute approximate surface area is 113 Å². The highest BCUT2D eigenvalue weighted by molar-refractivity contribution is 5.65. The maximum absolute atomic E-state index is 8.99. The highest BCUT2D eigenvalue weighted by atomic mass is 16.5. The van der Waals surface area contributed by atoms with Crippen LogP contribution in [-0.4, -0.2) is 35.0 Å². The highest BCUT2D eigenvalue weighted by Gasteiger charge is 2.12. The van der Waals surface area contributed by atoms with E-state index in [2.05, 4.69) is 6.07 Å². The molecule has 0 aromatic heterocycles. The van der Waals surface area contributed by atoms with Crippen LogP contribution in [0.1, 0.15) is 5.56 Å². The third kappa shape index (κ3) is 3.63. The van der Waals surface area contributed by atoms with E-state index in [9.17, 15) is 0 Å². The molecule has 1 aromatic rings. The minimum atomic E-state index is 0.257. The molecule has 0 saturated heterocycles. The van der Waals surface area contributed by atoms with Crippen LogP contribution in [0.2, 0.25) is 0 Å². The van der Waals surface area contributed by atoms with Gasteiger partial charge < -0.3 is 18.9 Å². The van der Waals surface area contributed by atoms with Crippen molar-refractivity contribution in [1.29, 1.82) is 5.26 Å². The summed E-state index contributed by atoms with van der Waals surface area (Å²) in [5.74, 6) is 1.61. The summed E-state index contributed by atoms with van der Waals surface area (Å²) in [7, 11) is 6.18. The van der Waals surface area contributed by atoms with E-state index in [1.807, 2.05) is 0 Å². The zero-order valence-electron chi connectivity index (χ0n) is 11.5. The molecule has 5 heteroatoms. The van der Waals surface area contributed by atoms with Gasteiger partial charge in [0, 0.05) is 7.11 Å². The number of ether oxygens (including phenoxy) is 4. The first-order valence-electron chi connectivity index (χ1n) is 5.59. The molecule has 0 aliphatic carbocycles. The zero-order valence-corrected chi connectivity index (χ0v) is 11.5. The van der Waals surface area contributed by atoms with Crippen molar-refractivity contribution in [2.75, 3.05) is 35.0 Å². The van der Waals surface area contributed by atoms with Crippen molar-refractivity contribution in [2.24, 2.45) is 0 Å². The molecule has 5 nitrogen and oxygen atoms in total. The Morgan fingerprint density at radius 1 is 1.11 bits per heavy atom. The lowest BCUT2D eigenvalue weighted by Crippen LogP contribution is -1.96. The van der Waals surface area contributed by atoms with Crippen molar-refractivity contribution in [1.82, 2.24) is 0 Å². The molecule has 102 valence electrons. The lowest BCUT2D eigenvalue weighted by molar-refractivity contribution is 0.229. The first kappa shape index (κ1) is 14.9. The summed E-state index contributed by atoms with van der Waals surface area (Å²) in [6.45, 7) is 0.257. The second-order valence-electron chi connectivity index (χ2n) is 3.67. The topological polar surface area (TPSA) is 60.7 Å². The van der Waals surface area contributed by atoms with Gasteiger partial charge in [0.25, 0.3) is 0 Å². The van der Waals surface area contributed by atoms with E-state index in [1.165, 1.54) is 0 Å². The number of methoxy groups -OCH3 is 4.